The van der Waals surface area contributed by atoms with Gasteiger partial charge in [-0.3, -0.25) is 0 Å². The molecule has 0 bridgehead atoms. The summed E-state index contributed by atoms with van der Waals surface area (Å²) in [5.41, 5.74) is 10.1. The molecule has 0 spiro atoms. The zero-order valence-electron chi connectivity index (χ0n) is 14.3. The van der Waals surface area contributed by atoms with Crippen LogP contribution in [0.15, 0.2) is 66.1 Å². The number of hydrogen-bond donors (Lipinski definition) is 0. The summed E-state index contributed by atoms with van der Waals surface area (Å²) >= 11 is 0. The number of nitrogens with zero attached hydrogens (tertiary/aromatic N) is 4. The number of likely N-dealkylation sites (N-methyl/N-ethyl adjacent to an activating group) is 1. The minimum atomic E-state index is 0.827. The summed E-state index contributed by atoms with van der Waals surface area (Å²) in [5, 5.41) is 9.08. The van der Waals surface area contributed by atoms with E-state index < -0.39 is 0 Å². The van der Waals surface area contributed by atoms with E-state index in [1.807, 2.05) is 24.3 Å². The molecule has 0 saturated carbocycles. The standard InChI is InChI=1S/C21H20N4/c1-24-12-14-25(15-13-24)21-19(17-8-4-2-5-9-17)16-20(22-23-21)18-10-6-3-7-11-18/h2-6,8-10,16H,12-15H2,1H3. The Hall–Kier alpha value is -2.90. The van der Waals surface area contributed by atoms with E-state index in [-0.39, 0.29) is 0 Å². The number of hydrogen-bond acceptors (Lipinski definition) is 4. The van der Waals surface area contributed by atoms with Gasteiger partial charge in [0.25, 0.3) is 0 Å². The topological polar surface area (TPSA) is 32.3 Å². The third-order valence-corrected chi connectivity index (χ3v) is 4.59. The van der Waals surface area contributed by atoms with Gasteiger partial charge in [0, 0.05) is 31.7 Å². The third-order valence-electron chi connectivity index (χ3n) is 4.59. The molecule has 4 nitrogen and oxygen atoms in total. The normalized spacial score (nSPS) is 17.0. The molecular weight excluding hydrogens is 308 g/mol. The van der Waals surface area contributed by atoms with Gasteiger partial charge in [-0.05, 0) is 30.8 Å². The lowest BCUT2D eigenvalue weighted by atomic mass is 10.0. The summed E-state index contributed by atoms with van der Waals surface area (Å²) in [6.07, 6.45) is 5.78. The van der Waals surface area contributed by atoms with Gasteiger partial charge in [0.2, 0.25) is 0 Å². The number of rotatable bonds is 3. The van der Waals surface area contributed by atoms with Gasteiger partial charge < -0.3 is 9.80 Å². The second-order valence-corrected chi connectivity index (χ2v) is 6.33. The minimum Gasteiger partial charge on any atom is -0.352 e. The average molecular weight is 328 g/mol. The van der Waals surface area contributed by atoms with Crippen LogP contribution in [-0.2, 0) is 0 Å². The molecule has 2 aliphatic rings. The molecule has 0 N–H and O–H groups in total. The first-order valence-corrected chi connectivity index (χ1v) is 8.56. The molecule has 0 unspecified atom stereocenters. The van der Waals surface area contributed by atoms with Gasteiger partial charge in [-0.15, -0.1) is 10.2 Å². The van der Waals surface area contributed by atoms with E-state index in [1.54, 1.807) is 0 Å². The SMILES string of the molecule is CN1CCN(c2nnc(C3=C=C=CC=C3)cc2-c2ccccc2)CC1. The Labute approximate surface area is 148 Å². The fraction of sp³-hybridized carbons (Fsp3) is 0.238. The lowest BCUT2D eigenvalue weighted by Gasteiger charge is -2.34. The van der Waals surface area contributed by atoms with Crippen LogP contribution in [0.5, 0.6) is 0 Å². The van der Waals surface area contributed by atoms with Gasteiger partial charge in [0.15, 0.2) is 5.82 Å². The van der Waals surface area contributed by atoms with E-state index in [0.29, 0.717) is 0 Å². The molecule has 25 heavy (non-hydrogen) atoms. The highest BCUT2D eigenvalue weighted by Crippen LogP contribution is 2.31. The van der Waals surface area contributed by atoms with Crippen molar-refractivity contribution in [3.63, 3.8) is 0 Å². The van der Waals surface area contributed by atoms with E-state index in [4.69, 9.17) is 0 Å². The molecule has 0 atom stereocenters. The van der Waals surface area contributed by atoms with Crippen molar-refractivity contribution < 1.29 is 0 Å². The molecule has 1 fully saturated rings. The highest BCUT2D eigenvalue weighted by Gasteiger charge is 2.20. The Kier molecular flexibility index (Phi) is 4.32. The number of aromatic nitrogens is 2. The number of piperazine rings is 1. The fourth-order valence-corrected chi connectivity index (χ4v) is 3.10. The molecule has 1 aromatic carbocycles. The largest absolute Gasteiger partial charge is 0.352 e. The van der Waals surface area contributed by atoms with Crippen molar-refractivity contribution in [2.24, 2.45) is 0 Å². The van der Waals surface area contributed by atoms with E-state index >= 15 is 0 Å². The van der Waals surface area contributed by atoms with Gasteiger partial charge >= 0.3 is 0 Å². The summed E-state index contributed by atoms with van der Waals surface area (Å²) in [5.74, 6) is 0.961. The first-order chi connectivity index (χ1) is 12.3. The van der Waals surface area contributed by atoms with Crippen molar-refractivity contribution in [2.45, 2.75) is 0 Å². The predicted octanol–water partition coefficient (Wildman–Crippen LogP) is 3.16. The average Bonchev–Trinajstić information content (AvgIpc) is 2.70. The Morgan fingerprint density at radius 3 is 2.52 bits per heavy atom. The predicted molar refractivity (Wildman–Crippen MR) is 101 cm³/mol. The Balaban J connectivity index is 1.80. The zero-order valence-corrected chi connectivity index (χ0v) is 14.3. The van der Waals surface area contributed by atoms with Crippen LogP contribution in [0.2, 0.25) is 0 Å². The van der Waals surface area contributed by atoms with E-state index in [9.17, 15) is 0 Å². The van der Waals surface area contributed by atoms with Crippen molar-refractivity contribution in [3.05, 3.63) is 71.8 Å². The Morgan fingerprint density at radius 2 is 1.80 bits per heavy atom. The fourth-order valence-electron chi connectivity index (χ4n) is 3.10. The van der Waals surface area contributed by atoms with Gasteiger partial charge in [-0.1, -0.05) is 47.9 Å². The van der Waals surface area contributed by atoms with Gasteiger partial charge in [-0.25, -0.2) is 0 Å². The van der Waals surface area contributed by atoms with Crippen LogP contribution >= 0.6 is 0 Å². The van der Waals surface area contributed by atoms with E-state index in [2.05, 4.69) is 68.8 Å². The van der Waals surface area contributed by atoms with Crippen LogP contribution in [0.25, 0.3) is 16.7 Å². The van der Waals surface area contributed by atoms with Crippen LogP contribution in [0.4, 0.5) is 5.82 Å². The second kappa shape index (κ2) is 6.92. The number of benzene rings is 1. The Bertz CT molecular complexity index is 893. The smallest absolute Gasteiger partial charge is 0.159 e. The summed E-state index contributed by atoms with van der Waals surface area (Å²) in [6, 6.07) is 12.5. The maximum atomic E-state index is 4.60. The maximum absolute atomic E-state index is 4.60. The summed E-state index contributed by atoms with van der Waals surface area (Å²) in [7, 11) is 2.16. The van der Waals surface area contributed by atoms with Crippen molar-refractivity contribution in [2.75, 3.05) is 38.1 Å². The molecule has 4 rings (SSSR count). The monoisotopic (exact) mass is 328 g/mol. The van der Waals surface area contributed by atoms with Gasteiger partial charge in [-0.2, -0.15) is 0 Å². The van der Waals surface area contributed by atoms with Crippen LogP contribution in [0.3, 0.4) is 0 Å². The van der Waals surface area contributed by atoms with Crippen molar-refractivity contribution in [1.29, 1.82) is 0 Å². The summed E-state index contributed by atoms with van der Waals surface area (Å²) in [4.78, 5) is 4.68. The number of anilines is 1. The molecule has 2 aromatic rings. The van der Waals surface area contributed by atoms with Crippen molar-refractivity contribution in [3.8, 4) is 11.1 Å². The molecule has 0 amide bonds. The van der Waals surface area contributed by atoms with Crippen molar-refractivity contribution >= 4 is 11.4 Å². The molecular formula is C21H20N4. The molecule has 1 aliphatic carbocycles. The first-order valence-electron chi connectivity index (χ1n) is 8.56. The second-order valence-electron chi connectivity index (χ2n) is 6.33. The number of allylic oxidation sites excluding steroid dienone is 4. The van der Waals surface area contributed by atoms with Gasteiger partial charge in [0.05, 0.1) is 5.57 Å². The van der Waals surface area contributed by atoms with Crippen LogP contribution in [0, 0.1) is 0 Å². The summed E-state index contributed by atoms with van der Waals surface area (Å²) < 4.78 is 0. The van der Waals surface area contributed by atoms with E-state index in [0.717, 1.165) is 54.4 Å². The Morgan fingerprint density at radius 1 is 1.00 bits per heavy atom. The molecule has 2 heterocycles. The van der Waals surface area contributed by atoms with Crippen LogP contribution < -0.4 is 4.90 Å². The molecule has 4 heteroatoms. The minimum absolute atomic E-state index is 0.827. The van der Waals surface area contributed by atoms with Crippen LogP contribution in [-0.4, -0.2) is 48.3 Å². The lowest BCUT2D eigenvalue weighted by molar-refractivity contribution is 0.312. The quantitative estimate of drug-likeness (QED) is 0.810. The first kappa shape index (κ1) is 15.6. The third kappa shape index (κ3) is 3.33. The van der Waals surface area contributed by atoms with Crippen molar-refractivity contribution in [1.82, 2.24) is 15.1 Å². The van der Waals surface area contributed by atoms with Crippen LogP contribution in [0.1, 0.15) is 5.69 Å². The highest BCUT2D eigenvalue weighted by molar-refractivity contribution is 5.81. The molecule has 1 aromatic heterocycles. The summed E-state index contributed by atoms with van der Waals surface area (Å²) in [6.45, 7) is 4.02. The molecule has 1 aliphatic heterocycles. The highest BCUT2D eigenvalue weighted by atomic mass is 15.3. The zero-order chi connectivity index (χ0) is 17.1. The molecule has 1 saturated heterocycles. The molecule has 0 radical (unpaired) electrons. The lowest BCUT2D eigenvalue weighted by Crippen LogP contribution is -2.45. The van der Waals surface area contributed by atoms with Gasteiger partial charge in [0.1, 0.15) is 5.69 Å². The maximum Gasteiger partial charge on any atom is 0.159 e. The van der Waals surface area contributed by atoms with E-state index in [1.165, 1.54) is 0 Å². The molecule has 124 valence electrons.